The Morgan fingerprint density at radius 3 is 1.48 bits per heavy atom. The maximum Gasteiger partial charge on any atom is 0.115 e. The van der Waals surface area contributed by atoms with Crippen LogP contribution in [0.2, 0.25) is 0 Å². The zero-order chi connectivity index (χ0) is 17.1. The summed E-state index contributed by atoms with van der Waals surface area (Å²) in [5.74, 6) is 1.62. The second-order valence-electron chi connectivity index (χ2n) is 7.04. The normalized spacial score (nSPS) is 18.7. The van der Waals surface area contributed by atoms with E-state index in [4.69, 9.17) is 10.2 Å². The lowest BCUT2D eigenvalue weighted by atomic mass is 9.73. The largest absolute Gasteiger partial charge is 0.508 e. The first-order chi connectivity index (χ1) is 10.9. The van der Waals surface area contributed by atoms with Gasteiger partial charge in [-0.1, -0.05) is 70.0 Å². The molecule has 126 valence electrons. The highest BCUT2D eigenvalue weighted by Crippen LogP contribution is 2.37. The van der Waals surface area contributed by atoms with Gasteiger partial charge in [0.2, 0.25) is 0 Å². The highest BCUT2D eigenvalue weighted by molar-refractivity contribution is 5.19. The van der Waals surface area contributed by atoms with Crippen molar-refractivity contribution >= 4 is 0 Å². The molecule has 0 heterocycles. The average molecular weight is 314 g/mol. The first-order valence-electron chi connectivity index (χ1n) is 8.37. The SMILES string of the molecule is CC1CCCC(C)(C)C1.Oc1ccccc1.Oc1ccccc1. The summed E-state index contributed by atoms with van der Waals surface area (Å²) in [5.41, 5.74) is 0.650. The molecule has 1 unspecified atom stereocenters. The Hall–Kier alpha value is -1.96. The van der Waals surface area contributed by atoms with Gasteiger partial charge in [0, 0.05) is 0 Å². The zero-order valence-electron chi connectivity index (χ0n) is 14.6. The molecule has 2 nitrogen and oxygen atoms in total. The molecule has 1 fully saturated rings. The first kappa shape index (κ1) is 19.1. The fraction of sp³-hybridized carbons (Fsp3) is 0.429. The zero-order valence-corrected chi connectivity index (χ0v) is 14.6. The van der Waals surface area contributed by atoms with Crippen molar-refractivity contribution in [1.29, 1.82) is 0 Å². The van der Waals surface area contributed by atoms with Crippen LogP contribution in [0.5, 0.6) is 11.5 Å². The lowest BCUT2D eigenvalue weighted by molar-refractivity contribution is 0.191. The molecule has 0 aromatic heterocycles. The van der Waals surface area contributed by atoms with Crippen LogP contribution in [0.1, 0.15) is 46.5 Å². The lowest BCUT2D eigenvalue weighted by Crippen LogP contribution is -2.20. The molecule has 2 aromatic rings. The minimum absolute atomic E-state index is 0.322. The van der Waals surface area contributed by atoms with E-state index in [-0.39, 0.29) is 0 Å². The van der Waals surface area contributed by atoms with Gasteiger partial charge in [0.25, 0.3) is 0 Å². The van der Waals surface area contributed by atoms with Gasteiger partial charge in [-0.15, -0.1) is 0 Å². The first-order valence-corrected chi connectivity index (χ1v) is 8.37. The molecule has 2 heteroatoms. The van der Waals surface area contributed by atoms with Crippen LogP contribution < -0.4 is 0 Å². The van der Waals surface area contributed by atoms with E-state index < -0.39 is 0 Å². The standard InChI is InChI=1S/C9H18.2C6H6O/c1-8-5-4-6-9(2,3)7-8;2*7-6-4-2-1-3-5-6/h8H,4-7H2,1-3H3;2*1-5,7H. The highest BCUT2D eigenvalue weighted by atomic mass is 16.3. The van der Waals surface area contributed by atoms with Crippen LogP contribution in [-0.4, -0.2) is 10.2 Å². The Labute approximate surface area is 140 Å². The van der Waals surface area contributed by atoms with Crippen LogP contribution in [0.15, 0.2) is 60.7 Å². The van der Waals surface area contributed by atoms with Gasteiger partial charge in [-0.3, -0.25) is 0 Å². The van der Waals surface area contributed by atoms with Gasteiger partial charge in [-0.2, -0.15) is 0 Å². The lowest BCUT2D eigenvalue weighted by Gasteiger charge is -2.33. The molecule has 1 aliphatic carbocycles. The third kappa shape index (κ3) is 9.62. The van der Waals surface area contributed by atoms with Gasteiger partial charge in [-0.25, -0.2) is 0 Å². The number of phenols is 2. The Balaban J connectivity index is 0.000000175. The molecule has 1 aliphatic rings. The summed E-state index contributed by atoms with van der Waals surface area (Å²) in [5, 5.41) is 17.3. The molecule has 0 amide bonds. The molecular formula is C21H30O2. The molecule has 3 rings (SSSR count). The summed E-state index contributed by atoms with van der Waals surface area (Å²) in [4.78, 5) is 0. The summed E-state index contributed by atoms with van der Waals surface area (Å²) in [6.45, 7) is 7.16. The van der Waals surface area contributed by atoms with Crippen molar-refractivity contribution in [2.45, 2.75) is 46.5 Å². The fourth-order valence-electron chi connectivity index (χ4n) is 2.93. The fourth-order valence-corrected chi connectivity index (χ4v) is 2.93. The minimum Gasteiger partial charge on any atom is -0.508 e. The average Bonchev–Trinajstić information content (AvgIpc) is 2.49. The summed E-state index contributed by atoms with van der Waals surface area (Å²) in [6, 6.07) is 17.4. The van der Waals surface area contributed by atoms with Gasteiger partial charge in [0.15, 0.2) is 0 Å². The molecule has 23 heavy (non-hydrogen) atoms. The summed E-state index contributed by atoms with van der Waals surface area (Å²) < 4.78 is 0. The number of hydrogen-bond donors (Lipinski definition) is 2. The number of benzene rings is 2. The maximum absolute atomic E-state index is 8.63. The van der Waals surface area contributed by atoms with E-state index >= 15 is 0 Å². The van der Waals surface area contributed by atoms with Crippen molar-refractivity contribution in [1.82, 2.24) is 0 Å². The van der Waals surface area contributed by atoms with Crippen molar-refractivity contribution in [3.63, 3.8) is 0 Å². The predicted molar refractivity (Wildman–Crippen MR) is 97.6 cm³/mol. The molecule has 0 bridgehead atoms. The van der Waals surface area contributed by atoms with Crippen LogP contribution in [-0.2, 0) is 0 Å². The molecular weight excluding hydrogens is 284 g/mol. The van der Waals surface area contributed by atoms with E-state index in [2.05, 4.69) is 20.8 Å². The minimum atomic E-state index is 0.322. The van der Waals surface area contributed by atoms with E-state index in [0.717, 1.165) is 5.92 Å². The number of para-hydroxylation sites is 2. The quantitative estimate of drug-likeness (QED) is 0.625. The number of aromatic hydroxyl groups is 2. The maximum atomic E-state index is 8.63. The smallest absolute Gasteiger partial charge is 0.115 e. The van der Waals surface area contributed by atoms with Crippen LogP contribution in [0.3, 0.4) is 0 Å². The third-order valence-electron chi connectivity index (χ3n) is 3.96. The van der Waals surface area contributed by atoms with E-state index in [1.165, 1.54) is 25.7 Å². The second-order valence-corrected chi connectivity index (χ2v) is 7.04. The predicted octanol–water partition coefficient (Wildman–Crippen LogP) is 6.01. The van der Waals surface area contributed by atoms with Crippen molar-refractivity contribution in [3.05, 3.63) is 60.7 Å². The number of rotatable bonds is 0. The van der Waals surface area contributed by atoms with Crippen molar-refractivity contribution in [2.24, 2.45) is 11.3 Å². The Morgan fingerprint density at radius 2 is 1.26 bits per heavy atom. The third-order valence-corrected chi connectivity index (χ3v) is 3.96. The van der Waals surface area contributed by atoms with Crippen LogP contribution in [0.4, 0.5) is 0 Å². The van der Waals surface area contributed by atoms with Crippen molar-refractivity contribution in [2.75, 3.05) is 0 Å². The van der Waals surface area contributed by atoms with E-state index in [0.29, 0.717) is 16.9 Å². The van der Waals surface area contributed by atoms with Crippen LogP contribution in [0, 0.1) is 11.3 Å². The highest BCUT2D eigenvalue weighted by Gasteiger charge is 2.24. The molecule has 0 radical (unpaired) electrons. The molecule has 0 saturated heterocycles. The van der Waals surface area contributed by atoms with Crippen molar-refractivity contribution in [3.8, 4) is 11.5 Å². The molecule has 2 N–H and O–H groups in total. The van der Waals surface area contributed by atoms with Gasteiger partial charge in [0.05, 0.1) is 0 Å². The van der Waals surface area contributed by atoms with E-state index in [9.17, 15) is 0 Å². The monoisotopic (exact) mass is 314 g/mol. The Morgan fingerprint density at radius 1 is 0.826 bits per heavy atom. The molecule has 1 saturated carbocycles. The van der Waals surface area contributed by atoms with Crippen molar-refractivity contribution < 1.29 is 10.2 Å². The second kappa shape index (κ2) is 9.94. The molecule has 0 aliphatic heterocycles. The summed E-state index contributed by atoms with van der Waals surface area (Å²) in [6.07, 6.45) is 5.79. The van der Waals surface area contributed by atoms with Gasteiger partial charge in [-0.05, 0) is 48.4 Å². The topological polar surface area (TPSA) is 40.5 Å². The molecule has 2 aromatic carbocycles. The Kier molecular flexibility index (Phi) is 8.25. The molecule has 1 atom stereocenters. The van der Waals surface area contributed by atoms with E-state index in [1.54, 1.807) is 48.5 Å². The van der Waals surface area contributed by atoms with E-state index in [1.807, 2.05) is 12.1 Å². The van der Waals surface area contributed by atoms with Gasteiger partial charge < -0.3 is 10.2 Å². The Bertz CT molecular complexity index is 483. The van der Waals surface area contributed by atoms with Gasteiger partial charge >= 0.3 is 0 Å². The summed E-state index contributed by atoms with van der Waals surface area (Å²) >= 11 is 0. The molecule has 0 spiro atoms. The van der Waals surface area contributed by atoms with Crippen LogP contribution >= 0.6 is 0 Å². The summed E-state index contributed by atoms with van der Waals surface area (Å²) in [7, 11) is 0. The number of phenolic OH excluding ortho intramolecular Hbond substituents is 2. The number of hydrogen-bond acceptors (Lipinski definition) is 2. The van der Waals surface area contributed by atoms with Gasteiger partial charge in [0.1, 0.15) is 11.5 Å². The van der Waals surface area contributed by atoms with Crippen LogP contribution in [0.25, 0.3) is 0 Å².